The Kier molecular flexibility index (Phi) is 5.02. The summed E-state index contributed by atoms with van der Waals surface area (Å²) in [5, 5.41) is 8.36. The van der Waals surface area contributed by atoms with Crippen molar-refractivity contribution in [3.05, 3.63) is 41.5 Å². The lowest BCUT2D eigenvalue weighted by molar-refractivity contribution is -0.125. The minimum absolute atomic E-state index is 0.104. The summed E-state index contributed by atoms with van der Waals surface area (Å²) in [6.07, 6.45) is 5.32. The molecule has 0 N–H and O–H groups in total. The molecule has 132 valence electrons. The molecule has 2 aromatic rings. The number of carbonyl (C=O) groups excluding carboxylic acids is 1. The van der Waals surface area contributed by atoms with Crippen molar-refractivity contribution in [2.24, 2.45) is 0 Å². The van der Waals surface area contributed by atoms with Gasteiger partial charge in [-0.3, -0.25) is 4.79 Å². The van der Waals surface area contributed by atoms with Crippen molar-refractivity contribution in [3.8, 4) is 11.5 Å². The van der Waals surface area contributed by atoms with Crippen molar-refractivity contribution in [2.75, 3.05) is 21.3 Å². The second-order valence-electron chi connectivity index (χ2n) is 5.92. The van der Waals surface area contributed by atoms with Crippen molar-refractivity contribution in [2.45, 2.75) is 25.9 Å². The Morgan fingerprint density at radius 2 is 2.16 bits per heavy atom. The van der Waals surface area contributed by atoms with Crippen molar-refractivity contribution < 1.29 is 14.3 Å². The van der Waals surface area contributed by atoms with Crippen LogP contribution in [-0.4, -0.2) is 46.8 Å². The van der Waals surface area contributed by atoms with Crippen molar-refractivity contribution >= 4 is 12.0 Å². The molecule has 1 aromatic heterocycles. The summed E-state index contributed by atoms with van der Waals surface area (Å²) in [5.41, 5.74) is 0.813. The molecule has 0 spiro atoms. The van der Waals surface area contributed by atoms with Crippen molar-refractivity contribution in [1.29, 1.82) is 0 Å². The number of hydrogen-bond donors (Lipinski definition) is 0. The number of carbonyl (C=O) groups is 1. The van der Waals surface area contributed by atoms with E-state index in [1.807, 2.05) is 12.1 Å². The maximum absolute atomic E-state index is 12.4. The Bertz CT molecular complexity index is 798. The van der Waals surface area contributed by atoms with E-state index in [0.717, 1.165) is 36.6 Å². The van der Waals surface area contributed by atoms with Gasteiger partial charge in [0.15, 0.2) is 5.82 Å². The molecule has 7 nitrogen and oxygen atoms in total. The first-order chi connectivity index (χ1) is 12.1. The van der Waals surface area contributed by atoms with Gasteiger partial charge in [0, 0.05) is 37.7 Å². The van der Waals surface area contributed by atoms with Gasteiger partial charge < -0.3 is 18.9 Å². The molecule has 0 saturated heterocycles. The lowest BCUT2D eigenvalue weighted by Gasteiger charge is -2.15. The Hall–Kier alpha value is -2.83. The number of aryl methyl sites for hydroxylation is 1. The zero-order valence-electron chi connectivity index (χ0n) is 14.7. The molecule has 2 heterocycles. The molecule has 1 amide bonds. The third-order valence-corrected chi connectivity index (χ3v) is 4.29. The van der Waals surface area contributed by atoms with Gasteiger partial charge in [0.1, 0.15) is 17.3 Å². The van der Waals surface area contributed by atoms with E-state index in [-0.39, 0.29) is 5.91 Å². The SMILES string of the molecule is COc1ccc(C=CC(=O)N(C)Cc2nnc3n2CCC3)c(OC)c1. The van der Waals surface area contributed by atoms with Crippen LogP contribution in [0, 0.1) is 0 Å². The first kappa shape index (κ1) is 17.0. The summed E-state index contributed by atoms with van der Waals surface area (Å²) in [4.78, 5) is 14.0. The zero-order valence-corrected chi connectivity index (χ0v) is 14.7. The smallest absolute Gasteiger partial charge is 0.246 e. The lowest BCUT2D eigenvalue weighted by Crippen LogP contribution is -2.26. The maximum atomic E-state index is 12.4. The minimum Gasteiger partial charge on any atom is -0.497 e. The topological polar surface area (TPSA) is 69.5 Å². The molecule has 3 rings (SSSR count). The van der Waals surface area contributed by atoms with Crippen LogP contribution < -0.4 is 9.47 Å². The molecule has 0 fully saturated rings. The number of amides is 1. The van der Waals surface area contributed by atoms with Gasteiger partial charge in [-0.2, -0.15) is 0 Å². The normalized spacial score (nSPS) is 13.1. The molecule has 0 bridgehead atoms. The van der Waals surface area contributed by atoms with Gasteiger partial charge in [0.05, 0.1) is 20.8 Å². The van der Waals surface area contributed by atoms with E-state index in [9.17, 15) is 4.79 Å². The molecule has 0 saturated carbocycles. The lowest BCUT2D eigenvalue weighted by atomic mass is 10.1. The Morgan fingerprint density at radius 1 is 1.32 bits per heavy atom. The highest BCUT2D eigenvalue weighted by molar-refractivity contribution is 5.92. The molecule has 25 heavy (non-hydrogen) atoms. The van der Waals surface area contributed by atoms with Gasteiger partial charge in [0.2, 0.25) is 5.91 Å². The monoisotopic (exact) mass is 342 g/mol. The zero-order chi connectivity index (χ0) is 17.8. The molecule has 1 aliphatic heterocycles. The van der Waals surface area contributed by atoms with Gasteiger partial charge in [-0.15, -0.1) is 10.2 Å². The fraction of sp³-hybridized carbons (Fsp3) is 0.389. The van der Waals surface area contributed by atoms with Crippen LogP contribution in [0.1, 0.15) is 23.6 Å². The van der Waals surface area contributed by atoms with Crippen LogP contribution in [0.4, 0.5) is 0 Å². The highest BCUT2D eigenvalue weighted by Crippen LogP contribution is 2.25. The first-order valence-corrected chi connectivity index (χ1v) is 8.18. The number of methoxy groups -OCH3 is 2. The predicted molar refractivity (Wildman–Crippen MR) is 93.4 cm³/mol. The van der Waals surface area contributed by atoms with Crippen LogP contribution in [0.5, 0.6) is 11.5 Å². The Balaban J connectivity index is 1.67. The summed E-state index contributed by atoms with van der Waals surface area (Å²) in [7, 11) is 4.95. The summed E-state index contributed by atoms with van der Waals surface area (Å²) in [6, 6.07) is 5.47. The Morgan fingerprint density at radius 3 is 2.92 bits per heavy atom. The van der Waals surface area contributed by atoms with Gasteiger partial charge in [-0.1, -0.05) is 0 Å². The summed E-state index contributed by atoms with van der Waals surface area (Å²) in [5.74, 6) is 3.10. The van der Waals surface area contributed by atoms with Gasteiger partial charge in [-0.25, -0.2) is 0 Å². The van der Waals surface area contributed by atoms with Gasteiger partial charge >= 0.3 is 0 Å². The number of likely N-dealkylation sites (N-methyl/N-ethyl adjacent to an activating group) is 1. The van der Waals surface area contributed by atoms with Crippen molar-refractivity contribution in [1.82, 2.24) is 19.7 Å². The number of hydrogen-bond acceptors (Lipinski definition) is 5. The van der Waals surface area contributed by atoms with Crippen LogP contribution >= 0.6 is 0 Å². The van der Waals surface area contributed by atoms with E-state index in [0.29, 0.717) is 18.0 Å². The minimum atomic E-state index is -0.104. The number of ether oxygens (including phenoxy) is 2. The van der Waals surface area contributed by atoms with Crippen LogP contribution in [-0.2, 0) is 24.3 Å². The molecular formula is C18H22N4O3. The van der Waals surface area contributed by atoms with E-state index in [1.165, 1.54) is 6.08 Å². The average Bonchev–Trinajstić information content (AvgIpc) is 3.24. The highest BCUT2D eigenvalue weighted by Gasteiger charge is 2.19. The number of rotatable bonds is 6. The fourth-order valence-electron chi connectivity index (χ4n) is 2.86. The number of nitrogens with zero attached hydrogens (tertiary/aromatic N) is 4. The molecule has 0 unspecified atom stereocenters. The fourth-order valence-corrected chi connectivity index (χ4v) is 2.86. The molecule has 0 atom stereocenters. The first-order valence-electron chi connectivity index (χ1n) is 8.18. The molecular weight excluding hydrogens is 320 g/mol. The van der Waals surface area contributed by atoms with Crippen LogP contribution in [0.25, 0.3) is 6.08 Å². The van der Waals surface area contributed by atoms with Gasteiger partial charge in [0.25, 0.3) is 0 Å². The highest BCUT2D eigenvalue weighted by atomic mass is 16.5. The van der Waals surface area contributed by atoms with Crippen LogP contribution in [0.15, 0.2) is 24.3 Å². The van der Waals surface area contributed by atoms with E-state index in [1.54, 1.807) is 38.3 Å². The molecule has 0 radical (unpaired) electrons. The maximum Gasteiger partial charge on any atom is 0.246 e. The molecule has 7 heteroatoms. The quantitative estimate of drug-likeness (QED) is 0.750. The molecule has 0 aliphatic carbocycles. The molecule has 1 aromatic carbocycles. The Labute approximate surface area is 146 Å². The number of benzene rings is 1. The third-order valence-electron chi connectivity index (χ3n) is 4.29. The predicted octanol–water partition coefficient (Wildman–Crippen LogP) is 1.91. The van der Waals surface area contributed by atoms with E-state index in [2.05, 4.69) is 14.8 Å². The van der Waals surface area contributed by atoms with E-state index >= 15 is 0 Å². The largest absolute Gasteiger partial charge is 0.497 e. The van der Waals surface area contributed by atoms with Crippen molar-refractivity contribution in [3.63, 3.8) is 0 Å². The van der Waals surface area contributed by atoms with Crippen LogP contribution in [0.3, 0.4) is 0 Å². The second kappa shape index (κ2) is 7.38. The number of fused-ring (bicyclic) bond motifs is 1. The third kappa shape index (κ3) is 3.65. The van der Waals surface area contributed by atoms with E-state index in [4.69, 9.17) is 9.47 Å². The summed E-state index contributed by atoms with van der Waals surface area (Å²) in [6.45, 7) is 1.37. The molecule has 1 aliphatic rings. The average molecular weight is 342 g/mol. The summed E-state index contributed by atoms with van der Waals surface area (Å²) >= 11 is 0. The van der Waals surface area contributed by atoms with E-state index < -0.39 is 0 Å². The van der Waals surface area contributed by atoms with Crippen LogP contribution in [0.2, 0.25) is 0 Å². The summed E-state index contributed by atoms with van der Waals surface area (Å²) < 4.78 is 12.6. The number of aromatic nitrogens is 3. The standard InChI is InChI=1S/C18H22N4O3/c1-21(12-17-20-19-16-5-4-10-22(16)17)18(23)9-7-13-6-8-14(24-2)11-15(13)25-3/h6-9,11H,4-5,10,12H2,1-3H3. The van der Waals surface area contributed by atoms with Gasteiger partial charge in [-0.05, 0) is 24.6 Å². The second-order valence-corrected chi connectivity index (χ2v) is 5.92.